The van der Waals surface area contributed by atoms with Crippen molar-refractivity contribution in [2.24, 2.45) is 0 Å². The van der Waals surface area contributed by atoms with Crippen molar-refractivity contribution in [3.8, 4) is 0 Å². The average molecular weight is 929 g/mol. The number of nitrogens with one attached hydrogen (secondary N) is 2. The van der Waals surface area contributed by atoms with Gasteiger partial charge in [0.2, 0.25) is 0 Å². The third kappa shape index (κ3) is 33.1. The second-order valence-electron chi connectivity index (χ2n) is 11.1. The number of hydrogen-bond donors (Lipinski definition) is 2. The molecule has 0 aliphatic heterocycles. The van der Waals surface area contributed by atoms with Crippen LogP contribution in [-0.2, 0) is 42.7 Å². The molecule has 1 aromatic carbocycles. The van der Waals surface area contributed by atoms with Gasteiger partial charge in [-0.05, 0) is 60.6 Å². The number of halogens is 2. The molecule has 0 bridgehead atoms. The topological polar surface area (TPSA) is 157 Å². The molecule has 2 amide bonds. The van der Waals surface area contributed by atoms with Crippen molar-refractivity contribution in [1.29, 1.82) is 0 Å². The van der Waals surface area contributed by atoms with Gasteiger partial charge >= 0.3 is 63.6 Å². The van der Waals surface area contributed by atoms with E-state index in [-0.39, 0.29) is 93.5 Å². The third-order valence-corrected chi connectivity index (χ3v) is 6.34. The molecular weight excluding hydrogens is 877 g/mol. The normalized spacial score (nSPS) is 11.2. The van der Waals surface area contributed by atoms with Crippen LogP contribution in [0.4, 0.5) is 9.59 Å². The van der Waals surface area contributed by atoms with Crippen molar-refractivity contribution in [3.05, 3.63) is 29.8 Å². The Morgan fingerprint density at radius 3 is 1.43 bits per heavy atom. The van der Waals surface area contributed by atoms with Crippen molar-refractivity contribution in [3.63, 3.8) is 0 Å². The number of ether oxygens (including phenoxy) is 6. The molecule has 1 aromatic rings. The zero-order chi connectivity index (χ0) is 33.5. The van der Waals surface area contributed by atoms with E-state index in [1.807, 2.05) is 27.7 Å². The Labute approximate surface area is 348 Å². The number of rotatable bonds is 19. The van der Waals surface area contributed by atoms with E-state index in [0.717, 1.165) is 16.6 Å². The van der Waals surface area contributed by atoms with Crippen LogP contribution in [0.3, 0.4) is 0 Å². The summed E-state index contributed by atoms with van der Waals surface area (Å²) in [6, 6.07) is 6.43. The van der Waals surface area contributed by atoms with Crippen molar-refractivity contribution >= 4 is 44.9 Å². The number of carbonyl (C=O) groups excluding carboxylic acids is 2. The van der Waals surface area contributed by atoms with Crippen molar-refractivity contribution in [2.45, 2.75) is 64.6 Å². The molecule has 0 unspecified atom stereocenters. The molecule has 1 rings (SSSR count). The zero-order valence-electron chi connectivity index (χ0n) is 28.4. The number of aryl methyl sites for hydroxylation is 1. The maximum absolute atomic E-state index is 11.9. The van der Waals surface area contributed by atoms with Crippen molar-refractivity contribution in [1.82, 2.24) is 10.6 Å². The van der Waals surface area contributed by atoms with Crippen molar-refractivity contribution < 1.29 is 126 Å². The molecule has 0 aromatic heterocycles. The Morgan fingerprint density at radius 2 is 1.04 bits per heavy atom. The largest absolute Gasteiger partial charge is 1.00 e. The molecule has 0 saturated carbocycles. The van der Waals surface area contributed by atoms with E-state index in [0.29, 0.717) is 52.7 Å². The number of hydrogen-bond acceptors (Lipinski definition) is 11. The second-order valence-corrected chi connectivity index (χ2v) is 13.8. The first-order valence-corrected chi connectivity index (χ1v) is 17.3. The smallest absolute Gasteiger partial charge is 1.00 e. The van der Waals surface area contributed by atoms with Gasteiger partial charge in [-0.3, -0.25) is 4.18 Å². The van der Waals surface area contributed by atoms with Gasteiger partial charge < -0.3 is 63.0 Å². The Balaban J connectivity index is -0.000000848. The maximum Gasteiger partial charge on any atom is 1.00 e. The van der Waals surface area contributed by atoms with Crippen LogP contribution in [0.15, 0.2) is 29.2 Å². The van der Waals surface area contributed by atoms with Crippen LogP contribution in [0, 0.1) is 6.92 Å². The van der Waals surface area contributed by atoms with E-state index in [2.05, 4.69) is 33.2 Å². The van der Waals surface area contributed by atoms with Crippen LogP contribution >= 0.6 is 22.6 Å². The summed E-state index contributed by atoms with van der Waals surface area (Å²) in [5.74, 6) is 0. The molecule has 0 aliphatic carbocycles. The first kappa shape index (κ1) is 51.0. The molecule has 2 N–H and O–H groups in total. The summed E-state index contributed by atoms with van der Waals surface area (Å²) in [7, 11) is -3.77. The standard InChI is InChI=1S/C18H29NO7S.C11H22INO4.HI.K/c1-15-5-7-16(8-6-15)27(21,22)25-14-13-24-12-11-23-10-9-19-17(20)26-18(2,3)4;1-11(2,3)17-10(14)13-5-7-16-9-8-15-6-4-12;;/h5-8H,9-14H2,1-4H3,(H,19,20);4-9H2,1-3H3,(H,13,14);1H;/q;;;+1/p-1. The summed E-state index contributed by atoms with van der Waals surface area (Å²) in [5.41, 5.74) is -0.0231. The van der Waals surface area contributed by atoms with Crippen LogP contribution in [0.2, 0.25) is 0 Å². The predicted octanol–water partition coefficient (Wildman–Crippen LogP) is -1.75. The first-order valence-electron chi connectivity index (χ1n) is 14.3. The molecule has 46 heavy (non-hydrogen) atoms. The number of carbonyl (C=O) groups is 2. The van der Waals surface area contributed by atoms with Gasteiger partial charge in [-0.15, -0.1) is 0 Å². The molecule has 17 heteroatoms. The van der Waals surface area contributed by atoms with E-state index >= 15 is 0 Å². The second kappa shape index (κ2) is 29.3. The van der Waals surface area contributed by atoms with Crippen LogP contribution in [0.1, 0.15) is 47.1 Å². The Hall–Kier alpha value is 0.606. The summed E-state index contributed by atoms with van der Waals surface area (Å²) in [5, 5.41) is 5.19. The van der Waals surface area contributed by atoms with E-state index < -0.39 is 33.5 Å². The number of benzene rings is 1. The molecule has 0 spiro atoms. The fourth-order valence-corrected chi connectivity index (χ4v) is 3.96. The summed E-state index contributed by atoms with van der Waals surface area (Å²) >= 11 is 2.25. The molecule has 0 saturated heterocycles. The molecular formula is C29H51I2KN2O11S. The van der Waals surface area contributed by atoms with Gasteiger partial charge in [0.25, 0.3) is 10.1 Å². The fourth-order valence-electron chi connectivity index (χ4n) is 2.75. The number of alkyl carbamates (subject to hydrolysis) is 2. The molecule has 0 aliphatic rings. The SMILES string of the molecule is CC(C)(C)OC(=O)NCCOCCOCCI.Cc1ccc(S(=O)(=O)OCCOCCOCCNC(=O)OC(C)(C)C)cc1.[I-].[K+]. The van der Waals surface area contributed by atoms with Gasteiger partial charge in [0.05, 0.1) is 64.4 Å². The van der Waals surface area contributed by atoms with Gasteiger partial charge in [-0.1, -0.05) is 40.3 Å². The summed E-state index contributed by atoms with van der Waals surface area (Å²) in [6.07, 6.45) is -0.906. The van der Waals surface area contributed by atoms with Crippen LogP contribution < -0.4 is 86.0 Å². The summed E-state index contributed by atoms with van der Waals surface area (Å²) < 4.78 is 61.0. The number of alkyl halides is 1. The Kier molecular flexibility index (Phi) is 32.5. The zero-order valence-corrected chi connectivity index (χ0v) is 36.7. The van der Waals surface area contributed by atoms with Crippen LogP contribution in [0.25, 0.3) is 0 Å². The van der Waals surface area contributed by atoms with Gasteiger partial charge in [0.1, 0.15) is 11.2 Å². The van der Waals surface area contributed by atoms with Gasteiger partial charge in [-0.25, -0.2) is 9.59 Å². The van der Waals surface area contributed by atoms with Gasteiger partial charge in [0, 0.05) is 17.5 Å². The van der Waals surface area contributed by atoms with Gasteiger partial charge in [0.15, 0.2) is 0 Å². The van der Waals surface area contributed by atoms with Crippen LogP contribution in [0.5, 0.6) is 0 Å². The van der Waals surface area contributed by atoms with E-state index in [4.69, 9.17) is 32.6 Å². The minimum atomic E-state index is -3.77. The minimum Gasteiger partial charge on any atom is -1.00 e. The third-order valence-electron chi connectivity index (χ3n) is 4.57. The molecule has 264 valence electrons. The van der Waals surface area contributed by atoms with E-state index in [9.17, 15) is 18.0 Å². The molecule has 0 heterocycles. The minimum absolute atomic E-state index is 0. The molecule has 0 atom stereocenters. The fraction of sp³-hybridized carbons (Fsp3) is 0.724. The first-order chi connectivity index (χ1) is 20.6. The Morgan fingerprint density at radius 1 is 0.674 bits per heavy atom. The van der Waals surface area contributed by atoms with E-state index in [1.54, 1.807) is 32.9 Å². The van der Waals surface area contributed by atoms with Crippen LogP contribution in [-0.4, -0.2) is 109 Å². The molecule has 0 fully saturated rings. The molecule has 0 radical (unpaired) electrons. The predicted molar refractivity (Wildman–Crippen MR) is 175 cm³/mol. The van der Waals surface area contributed by atoms with Gasteiger partial charge in [-0.2, -0.15) is 8.42 Å². The summed E-state index contributed by atoms with van der Waals surface area (Å²) in [4.78, 5) is 22.7. The monoisotopic (exact) mass is 928 g/mol. The summed E-state index contributed by atoms with van der Waals surface area (Å²) in [6.45, 7) is 16.8. The van der Waals surface area contributed by atoms with E-state index in [1.165, 1.54) is 12.1 Å². The molecule has 13 nitrogen and oxygen atoms in total. The average Bonchev–Trinajstić information content (AvgIpc) is 2.90. The maximum atomic E-state index is 11.9. The quantitative estimate of drug-likeness (QED) is 0.0534. The van der Waals surface area contributed by atoms with Crippen molar-refractivity contribution in [2.75, 3.05) is 77.0 Å². The number of amides is 2. The Bertz CT molecular complexity index is 1020.